The summed E-state index contributed by atoms with van der Waals surface area (Å²) in [5.74, 6) is -0.374. The molecule has 2 N–H and O–H groups in total. The first kappa shape index (κ1) is 39.8. The van der Waals surface area contributed by atoms with Gasteiger partial charge in [0, 0.05) is 57.0 Å². The molecule has 16 nitrogen and oxygen atoms in total. The Morgan fingerprint density at radius 3 is 2.67 bits per heavy atom. The first-order valence-electron chi connectivity index (χ1n) is 21.7. The van der Waals surface area contributed by atoms with Crippen molar-refractivity contribution in [2.24, 2.45) is 5.92 Å². The van der Waals surface area contributed by atoms with Crippen LogP contribution in [-0.4, -0.2) is 110 Å². The summed E-state index contributed by atoms with van der Waals surface area (Å²) in [7, 11) is 0. The Balaban J connectivity index is 0.674. The lowest BCUT2D eigenvalue weighted by atomic mass is 9.85. The highest BCUT2D eigenvalue weighted by Gasteiger charge is 2.40. The van der Waals surface area contributed by atoms with Crippen molar-refractivity contribution in [2.75, 3.05) is 49.6 Å². The number of likely N-dealkylation sites (tertiary alicyclic amines) is 1. The van der Waals surface area contributed by atoms with Crippen molar-refractivity contribution in [3.8, 4) is 0 Å². The average Bonchev–Trinajstić information content (AvgIpc) is 4.12. The van der Waals surface area contributed by atoms with Gasteiger partial charge in [0.1, 0.15) is 17.1 Å². The minimum atomic E-state index is -2.85. The van der Waals surface area contributed by atoms with Crippen LogP contribution >= 0.6 is 0 Å². The van der Waals surface area contributed by atoms with Crippen LogP contribution in [0.5, 0.6) is 0 Å². The first-order valence-corrected chi connectivity index (χ1v) is 21.7. The number of nitrogens with zero attached hydrogens (tertiary/aromatic N) is 8. The molecule has 61 heavy (non-hydrogen) atoms. The number of imide groups is 1. The van der Waals surface area contributed by atoms with Crippen molar-refractivity contribution in [1.29, 1.82) is 0 Å². The van der Waals surface area contributed by atoms with Crippen molar-refractivity contribution in [1.82, 2.24) is 39.8 Å². The van der Waals surface area contributed by atoms with Gasteiger partial charge in [-0.15, -0.1) is 0 Å². The molecule has 3 amide bonds. The monoisotopic (exact) mass is 840 g/mol. The van der Waals surface area contributed by atoms with E-state index < -0.39 is 23.9 Å². The lowest BCUT2D eigenvalue weighted by Crippen LogP contribution is -2.40. The largest absolute Gasteiger partial charge is 0.378 e. The van der Waals surface area contributed by atoms with Crippen LogP contribution in [0.4, 0.5) is 20.3 Å². The Morgan fingerprint density at radius 2 is 1.90 bits per heavy atom. The van der Waals surface area contributed by atoms with Crippen molar-refractivity contribution in [3.63, 3.8) is 0 Å². The number of nitrogens with one attached hydrogen (secondary N) is 2. The molecule has 5 fully saturated rings. The molecule has 4 aliphatic heterocycles. The fourth-order valence-electron chi connectivity index (χ4n) is 10.1. The van der Waals surface area contributed by atoms with E-state index in [1.54, 1.807) is 17.1 Å². The van der Waals surface area contributed by atoms with Gasteiger partial charge in [-0.05, 0) is 87.8 Å². The molecular formula is C43H50F2N10O6. The van der Waals surface area contributed by atoms with Gasteiger partial charge in [-0.25, -0.2) is 18.3 Å². The molecular weight excluding hydrogens is 791 g/mol. The lowest BCUT2D eigenvalue weighted by Gasteiger charge is -2.36. The number of ether oxygens (including phenoxy) is 2. The third-order valence-electron chi connectivity index (χ3n) is 13.4. The van der Waals surface area contributed by atoms with E-state index >= 15 is 0 Å². The summed E-state index contributed by atoms with van der Waals surface area (Å²) in [5, 5.41) is 18.7. The quantitative estimate of drug-likeness (QED) is 0.111. The Kier molecular flexibility index (Phi) is 11.0. The molecule has 1 aromatic carbocycles. The number of hydrogen-bond donors (Lipinski definition) is 2. The third kappa shape index (κ3) is 8.12. The van der Waals surface area contributed by atoms with Gasteiger partial charge in [0.25, 0.3) is 12.3 Å². The SMILES string of the molecule is O=C1CC[C@@H](c2noc3c(CCCOC4CCN(CC5CCC(n6cc(NC(=O)c7cnn8ccc(N9C[C@H]%10C[C@@H]9CO%10)nc78)c(C(F)F)n6)CC5)CC4)cccc23)C(=O)N1. The number of halogens is 2. The van der Waals surface area contributed by atoms with Crippen molar-refractivity contribution in [3.05, 3.63) is 65.4 Å². The molecule has 0 spiro atoms. The van der Waals surface area contributed by atoms with Gasteiger partial charge in [-0.3, -0.25) is 24.4 Å². The van der Waals surface area contributed by atoms with E-state index in [2.05, 4.69) is 35.8 Å². The summed E-state index contributed by atoms with van der Waals surface area (Å²) in [4.78, 5) is 47.0. The second-order valence-electron chi connectivity index (χ2n) is 17.3. The molecule has 18 heteroatoms. The van der Waals surface area contributed by atoms with E-state index in [0.29, 0.717) is 42.5 Å². The van der Waals surface area contributed by atoms with E-state index in [0.717, 1.165) is 101 Å². The molecule has 5 aliphatic rings. The maximum absolute atomic E-state index is 14.3. The fraction of sp³-hybridized carbons (Fsp3) is 0.558. The number of benzene rings is 1. The number of rotatable bonds is 13. The number of carbonyl (C=O) groups is 3. The number of piperidine rings is 2. The zero-order valence-electron chi connectivity index (χ0n) is 33.9. The predicted molar refractivity (Wildman–Crippen MR) is 217 cm³/mol. The molecule has 5 aromatic rings. The van der Waals surface area contributed by atoms with E-state index in [1.165, 1.54) is 10.7 Å². The highest BCUT2D eigenvalue weighted by atomic mass is 19.3. The normalized spacial score (nSPS) is 25.0. The summed E-state index contributed by atoms with van der Waals surface area (Å²) in [6.07, 6.45) is 11.1. The molecule has 0 unspecified atom stereocenters. The molecule has 322 valence electrons. The van der Waals surface area contributed by atoms with Crippen LogP contribution in [-0.2, 0) is 25.5 Å². The van der Waals surface area contributed by atoms with Crippen molar-refractivity contribution in [2.45, 2.75) is 107 Å². The predicted octanol–water partition coefficient (Wildman–Crippen LogP) is 5.60. The number of aryl methyl sites for hydroxylation is 1. The fourth-order valence-corrected chi connectivity index (χ4v) is 10.1. The van der Waals surface area contributed by atoms with E-state index in [1.807, 2.05) is 24.3 Å². The first-order chi connectivity index (χ1) is 29.7. The number of hydrogen-bond acceptors (Lipinski definition) is 12. The summed E-state index contributed by atoms with van der Waals surface area (Å²) in [5.41, 5.74) is 2.43. The molecule has 0 radical (unpaired) electrons. The van der Waals surface area contributed by atoms with Crippen molar-refractivity contribution >= 4 is 45.8 Å². The zero-order chi connectivity index (χ0) is 41.6. The van der Waals surface area contributed by atoms with Crippen LogP contribution in [0.1, 0.15) is 110 Å². The van der Waals surface area contributed by atoms with Gasteiger partial charge < -0.3 is 29.1 Å². The molecule has 4 aromatic heterocycles. The molecule has 3 atom stereocenters. The molecule has 8 heterocycles. The molecule has 10 rings (SSSR count). The Bertz CT molecular complexity index is 2420. The highest BCUT2D eigenvalue weighted by molar-refractivity contribution is 6.08. The summed E-state index contributed by atoms with van der Waals surface area (Å²) in [6.45, 7) is 4.99. The van der Waals surface area contributed by atoms with Crippen LogP contribution in [0, 0.1) is 5.92 Å². The van der Waals surface area contributed by atoms with Gasteiger partial charge in [-0.1, -0.05) is 17.3 Å². The topological polar surface area (TPSA) is 174 Å². The zero-order valence-corrected chi connectivity index (χ0v) is 33.9. The van der Waals surface area contributed by atoms with E-state index in [9.17, 15) is 23.2 Å². The van der Waals surface area contributed by atoms with Gasteiger partial charge >= 0.3 is 0 Å². The van der Waals surface area contributed by atoms with Gasteiger partial charge in [0.15, 0.2) is 16.9 Å². The number of anilines is 2. The summed E-state index contributed by atoms with van der Waals surface area (Å²) in [6, 6.07) is 7.99. The smallest absolute Gasteiger partial charge is 0.284 e. The summed E-state index contributed by atoms with van der Waals surface area (Å²) < 4.78 is 49.4. The molecule has 1 saturated carbocycles. The standard InChI is InChI=1S/C43H50F2N10O6/c44-40(45)38-34(47-43(58)33-20-46-54-17-14-35(48-41(33)54)53-22-30-19-28(53)24-60-30)23-55(50-38)27-8-6-25(7-9-27)21-52-15-12-29(13-16-52)59-18-2-4-26-3-1-5-31-37(51-61-39(26)31)32-10-11-36(56)49-42(32)57/h1,3,5,14,17,20,23,25,27-30,32,40H,2,4,6-13,15-16,18-19,21-22,24H2,(H,47,58)(H,49,56,57)/t25?,27?,28-,30-,32+/m1/s1. The number of aromatic nitrogens is 6. The van der Waals surface area contributed by atoms with Crippen molar-refractivity contribution < 1.29 is 37.2 Å². The maximum atomic E-state index is 14.3. The second kappa shape index (κ2) is 16.9. The minimum absolute atomic E-state index is 0.00420. The number of alkyl halides is 2. The lowest BCUT2D eigenvalue weighted by molar-refractivity contribution is -0.134. The Morgan fingerprint density at radius 1 is 1.05 bits per heavy atom. The van der Waals surface area contributed by atoms with Crippen LogP contribution in [0.3, 0.4) is 0 Å². The minimum Gasteiger partial charge on any atom is -0.378 e. The maximum Gasteiger partial charge on any atom is 0.284 e. The van der Waals surface area contributed by atoms with E-state index in [-0.39, 0.29) is 53.8 Å². The number of para-hydroxylation sites is 1. The van der Waals surface area contributed by atoms with E-state index in [4.69, 9.17) is 19.0 Å². The second-order valence-corrected chi connectivity index (χ2v) is 17.3. The highest BCUT2D eigenvalue weighted by Crippen LogP contribution is 2.37. The Labute approximate surface area is 350 Å². The molecule has 4 saturated heterocycles. The van der Waals surface area contributed by atoms with Crippen LogP contribution in [0.15, 0.2) is 47.4 Å². The molecule has 1 aliphatic carbocycles. The number of carbonyl (C=O) groups excluding carboxylic acids is 3. The van der Waals surface area contributed by atoms with Crippen LogP contribution in [0.2, 0.25) is 0 Å². The summed E-state index contributed by atoms with van der Waals surface area (Å²) >= 11 is 0. The van der Waals surface area contributed by atoms with Gasteiger partial charge in [0.05, 0.1) is 48.7 Å². The van der Waals surface area contributed by atoms with Gasteiger partial charge in [-0.2, -0.15) is 10.2 Å². The Hall–Kier alpha value is -5.33. The van der Waals surface area contributed by atoms with Gasteiger partial charge in [0.2, 0.25) is 11.8 Å². The van der Waals surface area contributed by atoms with Crippen LogP contribution < -0.4 is 15.5 Å². The average molecular weight is 841 g/mol. The number of fused-ring (bicyclic) bond motifs is 4. The van der Waals surface area contributed by atoms with Crippen LogP contribution in [0.25, 0.3) is 16.6 Å². The number of morpholine rings is 1. The molecule has 2 bridgehead atoms. The third-order valence-corrected chi connectivity index (χ3v) is 13.4. The number of amides is 3.